The van der Waals surface area contributed by atoms with Crippen molar-refractivity contribution in [3.63, 3.8) is 0 Å². The summed E-state index contributed by atoms with van der Waals surface area (Å²) in [6, 6.07) is 10.5. The number of nitrogens with zero attached hydrogens (tertiary/aromatic N) is 1. The second-order valence-electron chi connectivity index (χ2n) is 5.43. The van der Waals surface area contributed by atoms with Crippen molar-refractivity contribution >= 4 is 23.1 Å². The highest BCUT2D eigenvalue weighted by Gasteiger charge is 2.14. The number of urea groups is 1. The molecule has 0 saturated carbocycles. The van der Waals surface area contributed by atoms with Gasteiger partial charge in [-0.3, -0.25) is 0 Å². The number of anilines is 3. The Morgan fingerprint density at radius 3 is 1.80 bits per heavy atom. The first-order valence-corrected chi connectivity index (χ1v) is 7.64. The average Bonchev–Trinajstić information content (AvgIpc) is 2.61. The Labute approximate surface area is 147 Å². The Hall–Kier alpha value is -3.09. The second kappa shape index (κ2) is 8.14. The van der Waals surface area contributed by atoms with Crippen molar-refractivity contribution in [3.8, 4) is 17.2 Å². The molecule has 0 spiro atoms. The molecular weight excluding hydrogens is 322 g/mol. The molecule has 0 radical (unpaired) electrons. The molecule has 0 aliphatic carbocycles. The van der Waals surface area contributed by atoms with Crippen LogP contribution in [0.5, 0.6) is 17.2 Å². The van der Waals surface area contributed by atoms with Crippen LogP contribution in [0.25, 0.3) is 0 Å². The van der Waals surface area contributed by atoms with Gasteiger partial charge in [0.2, 0.25) is 5.75 Å². The van der Waals surface area contributed by atoms with Gasteiger partial charge in [-0.2, -0.15) is 0 Å². The lowest BCUT2D eigenvalue weighted by Gasteiger charge is -2.15. The highest BCUT2D eigenvalue weighted by molar-refractivity contribution is 6.00. The minimum atomic E-state index is -0.369. The fourth-order valence-corrected chi connectivity index (χ4v) is 2.29. The molecule has 0 bridgehead atoms. The summed E-state index contributed by atoms with van der Waals surface area (Å²) in [5.74, 6) is 1.40. The lowest BCUT2D eigenvalue weighted by atomic mass is 10.2. The van der Waals surface area contributed by atoms with Crippen LogP contribution in [0, 0.1) is 0 Å². The number of hydrogen-bond donors (Lipinski definition) is 2. The van der Waals surface area contributed by atoms with Gasteiger partial charge in [0.25, 0.3) is 0 Å². The van der Waals surface area contributed by atoms with Crippen LogP contribution in [0.4, 0.5) is 21.9 Å². The summed E-state index contributed by atoms with van der Waals surface area (Å²) in [5, 5.41) is 5.53. The van der Waals surface area contributed by atoms with Gasteiger partial charge in [0.05, 0.1) is 27.0 Å². The van der Waals surface area contributed by atoms with Crippen LogP contribution < -0.4 is 29.7 Å². The number of carbonyl (C=O) groups is 1. The van der Waals surface area contributed by atoms with E-state index < -0.39 is 0 Å². The van der Waals surface area contributed by atoms with Crippen LogP contribution >= 0.6 is 0 Å². The van der Waals surface area contributed by atoms with E-state index in [-0.39, 0.29) is 6.03 Å². The van der Waals surface area contributed by atoms with Crippen molar-refractivity contribution in [1.82, 2.24) is 0 Å². The van der Waals surface area contributed by atoms with Crippen LogP contribution in [-0.4, -0.2) is 41.5 Å². The number of nitrogens with one attached hydrogen (secondary N) is 2. The van der Waals surface area contributed by atoms with E-state index in [1.54, 1.807) is 12.1 Å². The lowest BCUT2D eigenvalue weighted by molar-refractivity contribution is 0.262. The largest absolute Gasteiger partial charge is 0.493 e. The van der Waals surface area contributed by atoms with Crippen LogP contribution in [0.1, 0.15) is 0 Å². The van der Waals surface area contributed by atoms with Crippen molar-refractivity contribution in [1.29, 1.82) is 0 Å². The van der Waals surface area contributed by atoms with E-state index in [2.05, 4.69) is 10.6 Å². The van der Waals surface area contributed by atoms with Gasteiger partial charge in [-0.1, -0.05) is 0 Å². The molecule has 2 aromatic rings. The smallest absolute Gasteiger partial charge is 0.323 e. The zero-order chi connectivity index (χ0) is 18.4. The first-order chi connectivity index (χ1) is 12.0. The van der Waals surface area contributed by atoms with E-state index in [1.807, 2.05) is 43.3 Å². The van der Waals surface area contributed by atoms with Crippen molar-refractivity contribution in [2.75, 3.05) is 51.0 Å². The molecule has 2 amide bonds. The molecule has 7 nitrogen and oxygen atoms in total. The third-order valence-electron chi connectivity index (χ3n) is 3.56. The SMILES string of the molecule is COc1cc(NC(=O)Nc2ccc(N(C)C)cc2)cc(OC)c1OC. The van der Waals surface area contributed by atoms with E-state index in [9.17, 15) is 4.79 Å². The van der Waals surface area contributed by atoms with Gasteiger partial charge in [-0.15, -0.1) is 0 Å². The molecule has 0 saturated heterocycles. The summed E-state index contributed by atoms with van der Waals surface area (Å²) >= 11 is 0. The Kier molecular flexibility index (Phi) is 5.94. The molecule has 0 unspecified atom stereocenters. The topological polar surface area (TPSA) is 72.1 Å². The fourth-order valence-electron chi connectivity index (χ4n) is 2.29. The molecule has 0 fully saturated rings. The van der Waals surface area contributed by atoms with Gasteiger partial charge in [-0.05, 0) is 24.3 Å². The van der Waals surface area contributed by atoms with Crippen LogP contribution in [0.2, 0.25) is 0 Å². The number of carbonyl (C=O) groups excluding carboxylic acids is 1. The summed E-state index contributed by atoms with van der Waals surface area (Å²) in [7, 11) is 8.48. The third kappa shape index (κ3) is 4.47. The van der Waals surface area contributed by atoms with Gasteiger partial charge in [0.1, 0.15) is 0 Å². The van der Waals surface area contributed by atoms with Gasteiger partial charge in [0.15, 0.2) is 11.5 Å². The van der Waals surface area contributed by atoms with Gasteiger partial charge < -0.3 is 29.7 Å². The summed E-state index contributed by atoms with van der Waals surface area (Å²) < 4.78 is 15.8. The zero-order valence-corrected chi connectivity index (χ0v) is 15.0. The number of rotatable bonds is 6. The van der Waals surface area contributed by atoms with Gasteiger partial charge >= 0.3 is 6.03 Å². The monoisotopic (exact) mass is 345 g/mol. The highest BCUT2D eigenvalue weighted by Crippen LogP contribution is 2.39. The number of ether oxygens (including phenoxy) is 3. The number of hydrogen-bond acceptors (Lipinski definition) is 5. The molecule has 0 aliphatic rings. The summed E-state index contributed by atoms with van der Waals surface area (Å²) in [4.78, 5) is 14.2. The normalized spacial score (nSPS) is 9.96. The number of amides is 2. The fraction of sp³-hybridized carbons (Fsp3) is 0.278. The molecule has 0 heterocycles. The number of benzene rings is 2. The Morgan fingerprint density at radius 1 is 0.840 bits per heavy atom. The first-order valence-electron chi connectivity index (χ1n) is 7.64. The third-order valence-corrected chi connectivity index (χ3v) is 3.56. The quantitative estimate of drug-likeness (QED) is 0.839. The van der Waals surface area contributed by atoms with E-state index in [0.29, 0.717) is 28.6 Å². The Morgan fingerprint density at radius 2 is 1.36 bits per heavy atom. The molecule has 25 heavy (non-hydrogen) atoms. The molecule has 0 aromatic heterocycles. The van der Waals surface area contributed by atoms with Crippen molar-refractivity contribution in [3.05, 3.63) is 36.4 Å². The first kappa shape index (κ1) is 18.3. The molecule has 0 atom stereocenters. The maximum Gasteiger partial charge on any atom is 0.323 e. The predicted octanol–water partition coefficient (Wildman–Crippen LogP) is 3.42. The molecule has 2 rings (SSSR count). The summed E-state index contributed by atoms with van der Waals surface area (Å²) in [6.07, 6.45) is 0. The van der Waals surface area contributed by atoms with Crippen molar-refractivity contribution in [2.24, 2.45) is 0 Å². The van der Waals surface area contributed by atoms with Crippen LogP contribution in [0.3, 0.4) is 0 Å². The maximum absolute atomic E-state index is 12.2. The van der Waals surface area contributed by atoms with Crippen LogP contribution in [0.15, 0.2) is 36.4 Å². The van der Waals surface area contributed by atoms with E-state index >= 15 is 0 Å². The van der Waals surface area contributed by atoms with E-state index in [1.165, 1.54) is 21.3 Å². The summed E-state index contributed by atoms with van der Waals surface area (Å²) in [6.45, 7) is 0. The van der Waals surface area contributed by atoms with E-state index in [0.717, 1.165) is 5.69 Å². The molecule has 7 heteroatoms. The van der Waals surface area contributed by atoms with Crippen molar-refractivity contribution < 1.29 is 19.0 Å². The molecule has 0 aliphatic heterocycles. The molecular formula is C18H23N3O4. The number of methoxy groups -OCH3 is 3. The lowest BCUT2D eigenvalue weighted by Crippen LogP contribution is -2.19. The minimum absolute atomic E-state index is 0.369. The van der Waals surface area contributed by atoms with E-state index in [4.69, 9.17) is 14.2 Å². The van der Waals surface area contributed by atoms with Gasteiger partial charge in [0, 0.05) is 37.6 Å². The summed E-state index contributed by atoms with van der Waals surface area (Å²) in [5.41, 5.74) is 2.27. The molecule has 2 N–H and O–H groups in total. The van der Waals surface area contributed by atoms with Crippen molar-refractivity contribution in [2.45, 2.75) is 0 Å². The highest BCUT2D eigenvalue weighted by atomic mass is 16.5. The second-order valence-corrected chi connectivity index (χ2v) is 5.43. The predicted molar refractivity (Wildman–Crippen MR) is 99.5 cm³/mol. The van der Waals surface area contributed by atoms with Crippen LogP contribution in [-0.2, 0) is 0 Å². The molecule has 2 aromatic carbocycles. The Bertz CT molecular complexity index is 705. The zero-order valence-electron chi connectivity index (χ0n) is 15.0. The van der Waals surface area contributed by atoms with Gasteiger partial charge in [-0.25, -0.2) is 4.79 Å². The Balaban J connectivity index is 2.12. The maximum atomic E-state index is 12.2. The molecule has 134 valence electrons. The average molecular weight is 345 g/mol. The standard InChI is InChI=1S/C18H23N3O4/c1-21(2)14-8-6-12(7-9-14)19-18(22)20-13-10-15(23-3)17(25-5)16(11-13)24-4/h6-11H,1-5H3,(H2,19,20,22). The minimum Gasteiger partial charge on any atom is -0.493 e.